The summed E-state index contributed by atoms with van der Waals surface area (Å²) >= 11 is 0. The molecule has 0 spiro atoms. The predicted octanol–water partition coefficient (Wildman–Crippen LogP) is 1.31. The summed E-state index contributed by atoms with van der Waals surface area (Å²) in [6.07, 6.45) is -0.0375. The number of benzene rings is 1. The summed E-state index contributed by atoms with van der Waals surface area (Å²) in [6, 6.07) is 5.21. The van der Waals surface area contributed by atoms with Gasteiger partial charge in [-0.05, 0) is 24.7 Å². The van der Waals surface area contributed by atoms with Crippen molar-refractivity contribution in [2.75, 3.05) is 27.8 Å². The third-order valence-electron chi connectivity index (χ3n) is 2.25. The van der Waals surface area contributed by atoms with Crippen LogP contribution < -0.4 is 10.1 Å². The Labute approximate surface area is 89.8 Å². The van der Waals surface area contributed by atoms with E-state index in [1.807, 2.05) is 13.1 Å². The van der Waals surface area contributed by atoms with Gasteiger partial charge in [0.25, 0.3) is 0 Å². The summed E-state index contributed by atoms with van der Waals surface area (Å²) in [5.74, 6) is 0.603. The largest absolute Gasteiger partial charge is 0.504 e. The molecule has 0 fully saturated rings. The summed E-state index contributed by atoms with van der Waals surface area (Å²) in [4.78, 5) is 0. The van der Waals surface area contributed by atoms with Crippen LogP contribution in [0.15, 0.2) is 18.2 Å². The normalized spacial score (nSPS) is 12.5. The first-order chi connectivity index (χ1) is 7.22. The molecule has 1 rings (SSSR count). The van der Waals surface area contributed by atoms with Crippen LogP contribution in [-0.2, 0) is 4.74 Å². The number of phenolic OH excluding ortho intramolecular Hbond substituents is 1. The number of rotatable bonds is 5. The maximum atomic E-state index is 9.44. The Hall–Kier alpha value is -1.26. The van der Waals surface area contributed by atoms with Crippen molar-refractivity contribution in [2.45, 2.75) is 6.10 Å². The summed E-state index contributed by atoms with van der Waals surface area (Å²) < 4.78 is 10.3. The molecule has 0 radical (unpaired) electrons. The Balaban J connectivity index is 2.92. The van der Waals surface area contributed by atoms with Gasteiger partial charge in [-0.2, -0.15) is 0 Å². The highest BCUT2D eigenvalue weighted by molar-refractivity contribution is 5.42. The zero-order chi connectivity index (χ0) is 11.3. The molecular formula is C11H17NO3. The molecule has 0 aromatic heterocycles. The van der Waals surface area contributed by atoms with Gasteiger partial charge in [0.15, 0.2) is 11.5 Å². The van der Waals surface area contributed by atoms with Crippen molar-refractivity contribution in [3.8, 4) is 11.5 Å². The highest BCUT2D eigenvalue weighted by Gasteiger charge is 2.11. The highest BCUT2D eigenvalue weighted by atomic mass is 16.5. The van der Waals surface area contributed by atoms with Crippen LogP contribution in [0.3, 0.4) is 0 Å². The van der Waals surface area contributed by atoms with Crippen LogP contribution in [0, 0.1) is 0 Å². The fraction of sp³-hybridized carbons (Fsp3) is 0.455. The maximum Gasteiger partial charge on any atom is 0.160 e. The smallest absolute Gasteiger partial charge is 0.160 e. The Morgan fingerprint density at radius 3 is 2.67 bits per heavy atom. The van der Waals surface area contributed by atoms with Gasteiger partial charge < -0.3 is 19.9 Å². The van der Waals surface area contributed by atoms with Crippen molar-refractivity contribution in [3.63, 3.8) is 0 Å². The van der Waals surface area contributed by atoms with E-state index < -0.39 is 0 Å². The lowest BCUT2D eigenvalue weighted by Gasteiger charge is -2.16. The number of ether oxygens (including phenoxy) is 2. The number of likely N-dealkylation sites (N-methyl/N-ethyl adjacent to an activating group) is 1. The van der Waals surface area contributed by atoms with Gasteiger partial charge in [0, 0.05) is 13.7 Å². The molecule has 1 atom stereocenters. The van der Waals surface area contributed by atoms with Crippen molar-refractivity contribution >= 4 is 0 Å². The lowest BCUT2D eigenvalue weighted by molar-refractivity contribution is 0.104. The number of hydrogen-bond acceptors (Lipinski definition) is 4. The molecular weight excluding hydrogens is 194 g/mol. The highest BCUT2D eigenvalue weighted by Crippen LogP contribution is 2.29. The van der Waals surface area contributed by atoms with Gasteiger partial charge in [-0.3, -0.25) is 0 Å². The van der Waals surface area contributed by atoms with Crippen molar-refractivity contribution in [3.05, 3.63) is 23.8 Å². The van der Waals surface area contributed by atoms with Crippen LogP contribution in [0.25, 0.3) is 0 Å². The molecule has 15 heavy (non-hydrogen) atoms. The number of nitrogens with one attached hydrogen (secondary N) is 1. The monoisotopic (exact) mass is 211 g/mol. The fourth-order valence-electron chi connectivity index (χ4n) is 1.42. The topological polar surface area (TPSA) is 50.7 Å². The molecule has 1 aromatic carbocycles. The van der Waals surface area contributed by atoms with Gasteiger partial charge in [0.05, 0.1) is 13.2 Å². The van der Waals surface area contributed by atoms with Crippen LogP contribution >= 0.6 is 0 Å². The van der Waals surface area contributed by atoms with E-state index in [1.165, 1.54) is 7.11 Å². The Morgan fingerprint density at radius 2 is 2.13 bits per heavy atom. The molecule has 2 N–H and O–H groups in total. The fourth-order valence-corrected chi connectivity index (χ4v) is 1.42. The van der Waals surface area contributed by atoms with Crippen LogP contribution in [-0.4, -0.2) is 32.9 Å². The molecule has 0 saturated heterocycles. The summed E-state index contributed by atoms with van der Waals surface area (Å²) in [5, 5.41) is 12.5. The third-order valence-corrected chi connectivity index (χ3v) is 2.25. The van der Waals surface area contributed by atoms with Crippen LogP contribution in [0.5, 0.6) is 11.5 Å². The molecule has 0 bridgehead atoms. The SMILES string of the molecule is CNCC(OC)c1ccc(O)c(OC)c1. The molecule has 1 unspecified atom stereocenters. The molecule has 1 aromatic rings. The Bertz CT molecular complexity index is 315. The van der Waals surface area contributed by atoms with E-state index in [4.69, 9.17) is 9.47 Å². The Morgan fingerprint density at radius 1 is 1.40 bits per heavy atom. The molecule has 0 saturated carbocycles. The second kappa shape index (κ2) is 5.58. The zero-order valence-electron chi connectivity index (χ0n) is 9.28. The third kappa shape index (κ3) is 2.84. The van der Waals surface area contributed by atoms with E-state index in [9.17, 15) is 5.11 Å². The van der Waals surface area contributed by atoms with Gasteiger partial charge in [0.2, 0.25) is 0 Å². The minimum absolute atomic E-state index is 0.0375. The van der Waals surface area contributed by atoms with E-state index in [1.54, 1.807) is 19.2 Å². The molecule has 0 aliphatic heterocycles. The van der Waals surface area contributed by atoms with Crippen molar-refractivity contribution < 1.29 is 14.6 Å². The van der Waals surface area contributed by atoms with E-state index in [2.05, 4.69) is 5.32 Å². The van der Waals surface area contributed by atoms with Gasteiger partial charge in [-0.25, -0.2) is 0 Å². The first-order valence-electron chi connectivity index (χ1n) is 4.77. The average Bonchev–Trinajstić information content (AvgIpc) is 2.27. The van der Waals surface area contributed by atoms with Crippen LogP contribution in [0.2, 0.25) is 0 Å². The van der Waals surface area contributed by atoms with E-state index in [0.29, 0.717) is 12.3 Å². The maximum absolute atomic E-state index is 9.44. The summed E-state index contributed by atoms with van der Waals surface area (Å²) in [7, 11) is 5.05. The second-order valence-electron chi connectivity index (χ2n) is 3.21. The van der Waals surface area contributed by atoms with E-state index in [-0.39, 0.29) is 11.9 Å². The first kappa shape index (κ1) is 11.8. The first-order valence-corrected chi connectivity index (χ1v) is 4.77. The number of phenols is 1. The molecule has 0 heterocycles. The average molecular weight is 211 g/mol. The van der Waals surface area contributed by atoms with Gasteiger partial charge in [-0.15, -0.1) is 0 Å². The summed E-state index contributed by atoms with van der Waals surface area (Å²) in [6.45, 7) is 0.713. The van der Waals surface area contributed by atoms with Crippen LogP contribution in [0.1, 0.15) is 11.7 Å². The van der Waals surface area contributed by atoms with Crippen molar-refractivity contribution in [2.24, 2.45) is 0 Å². The second-order valence-corrected chi connectivity index (χ2v) is 3.21. The number of aromatic hydroxyl groups is 1. The molecule has 0 aliphatic rings. The summed E-state index contributed by atoms with van der Waals surface area (Å²) in [5.41, 5.74) is 0.974. The lowest BCUT2D eigenvalue weighted by atomic mass is 10.1. The van der Waals surface area contributed by atoms with Gasteiger partial charge >= 0.3 is 0 Å². The molecule has 0 aliphatic carbocycles. The zero-order valence-corrected chi connectivity index (χ0v) is 9.28. The lowest BCUT2D eigenvalue weighted by Crippen LogP contribution is -2.18. The van der Waals surface area contributed by atoms with Gasteiger partial charge in [0.1, 0.15) is 0 Å². The molecule has 4 heteroatoms. The minimum Gasteiger partial charge on any atom is -0.504 e. The quantitative estimate of drug-likeness (QED) is 0.771. The van der Waals surface area contributed by atoms with Crippen molar-refractivity contribution in [1.29, 1.82) is 0 Å². The minimum atomic E-state index is -0.0375. The van der Waals surface area contributed by atoms with Crippen LogP contribution in [0.4, 0.5) is 0 Å². The van der Waals surface area contributed by atoms with Gasteiger partial charge in [-0.1, -0.05) is 6.07 Å². The van der Waals surface area contributed by atoms with E-state index >= 15 is 0 Å². The van der Waals surface area contributed by atoms with Crippen molar-refractivity contribution in [1.82, 2.24) is 5.32 Å². The standard InChI is InChI=1S/C11H17NO3/c1-12-7-11(15-3)8-4-5-9(13)10(6-8)14-2/h4-6,11-13H,7H2,1-3H3. The van der Waals surface area contributed by atoms with E-state index in [0.717, 1.165) is 5.56 Å². The molecule has 84 valence electrons. The molecule has 4 nitrogen and oxygen atoms in total. The molecule has 0 amide bonds. The predicted molar refractivity (Wildman–Crippen MR) is 58.3 cm³/mol. The number of hydrogen-bond donors (Lipinski definition) is 2. The Kier molecular flexibility index (Phi) is 4.39. The number of methoxy groups -OCH3 is 2.